The van der Waals surface area contributed by atoms with Crippen molar-refractivity contribution >= 4 is 38.4 Å². The molecule has 1 unspecified atom stereocenters. The molecule has 2 atom stereocenters. The monoisotopic (exact) mass is 475 g/mol. The summed E-state index contributed by atoms with van der Waals surface area (Å²) in [7, 11) is 2.01. The Balaban J connectivity index is 4.33. The lowest BCUT2D eigenvalue weighted by atomic mass is 10.1. The molecule has 0 aliphatic heterocycles. The van der Waals surface area contributed by atoms with Crippen molar-refractivity contribution in [2.75, 3.05) is 32.7 Å². The first kappa shape index (κ1) is 29.9. The summed E-state index contributed by atoms with van der Waals surface area (Å²) in [6.07, 6.45) is 2.48. The summed E-state index contributed by atoms with van der Waals surface area (Å²) >= 11 is 0. The number of hydroxylamine groups is 1. The van der Waals surface area contributed by atoms with E-state index in [2.05, 4.69) is 16.0 Å². The average Bonchev–Trinajstić information content (AvgIpc) is 2.77. The molecule has 184 valence electrons. The lowest BCUT2D eigenvalue weighted by molar-refractivity contribution is -0.134. The maximum Gasteiger partial charge on any atom is 0.223 e. The van der Waals surface area contributed by atoms with Crippen LogP contribution < -0.4 is 21.4 Å². The molecule has 0 aliphatic carbocycles. The maximum atomic E-state index is 12.5. The lowest BCUT2D eigenvalue weighted by Crippen LogP contribution is -2.42. The van der Waals surface area contributed by atoms with E-state index in [1.807, 2.05) is 14.7 Å². The minimum Gasteiger partial charge on any atom is -0.356 e. The molecule has 0 radical (unpaired) electrons. The number of unbranched alkanes of at least 4 members (excludes halogenated alkanes) is 1. The third-order valence-electron chi connectivity index (χ3n) is 4.71. The maximum absolute atomic E-state index is 12.5. The van der Waals surface area contributed by atoms with E-state index in [1.165, 1.54) is 4.90 Å². The van der Waals surface area contributed by atoms with Gasteiger partial charge in [-0.1, -0.05) is 23.1 Å². The quantitative estimate of drug-likeness (QED) is 0.103. The number of amides is 4. The number of nitrogens with zero attached hydrogens (tertiary/aromatic N) is 1. The van der Waals surface area contributed by atoms with Gasteiger partial charge in [-0.15, -0.1) is 0 Å². The zero-order valence-corrected chi connectivity index (χ0v) is 20.2. The van der Waals surface area contributed by atoms with Crippen LogP contribution in [0.4, 0.5) is 0 Å². The molecular weight excluding hydrogens is 437 g/mol. The second-order valence-corrected chi connectivity index (χ2v) is 7.79. The first-order chi connectivity index (χ1) is 15.2. The Morgan fingerprint density at radius 3 is 1.81 bits per heavy atom. The van der Waals surface area contributed by atoms with Crippen LogP contribution in [-0.4, -0.2) is 78.0 Å². The van der Waals surface area contributed by atoms with Crippen molar-refractivity contribution in [2.45, 2.75) is 64.8 Å². The van der Waals surface area contributed by atoms with E-state index < -0.39 is 6.04 Å². The number of carbonyl (C=O) groups excluding carboxylic acids is 5. The molecular formula is C20H38N5O6P. The van der Waals surface area contributed by atoms with E-state index in [0.717, 1.165) is 0 Å². The minimum atomic E-state index is -0.636. The SMILES string of the molecule is CCC(=O)NCCN(CCNC(=O)CC)C(=O)CCC(=O)NCCCC[C@H](NO)C(=O)P. The molecule has 0 aromatic carbocycles. The lowest BCUT2D eigenvalue weighted by Gasteiger charge is -2.23. The first-order valence-electron chi connectivity index (χ1n) is 11.0. The first-order valence-corrected chi connectivity index (χ1v) is 11.6. The molecule has 0 aromatic heterocycles. The second kappa shape index (κ2) is 18.5. The molecule has 4 amide bonds. The standard InChI is InChI=1S/C20H38N5O6P/c1-3-16(26)22-11-13-25(14-12-23-17(27)4-2)19(29)9-8-18(28)21-10-6-5-7-15(24-31)20(30)32/h15,24,31H,3-14,32H2,1-2H3,(H,21,28)(H,22,26)(H,23,27)/t15-/m0/s1. The molecule has 0 rings (SSSR count). The minimum absolute atomic E-state index is 0.0212. The van der Waals surface area contributed by atoms with Crippen molar-refractivity contribution in [2.24, 2.45) is 0 Å². The molecule has 5 N–H and O–H groups in total. The van der Waals surface area contributed by atoms with E-state index in [1.54, 1.807) is 13.8 Å². The van der Waals surface area contributed by atoms with Gasteiger partial charge in [0, 0.05) is 58.4 Å². The number of carbonyl (C=O) groups is 5. The van der Waals surface area contributed by atoms with Crippen LogP contribution in [0, 0.1) is 0 Å². The highest BCUT2D eigenvalue weighted by molar-refractivity contribution is 7.40. The average molecular weight is 476 g/mol. The van der Waals surface area contributed by atoms with Gasteiger partial charge >= 0.3 is 0 Å². The van der Waals surface area contributed by atoms with Gasteiger partial charge in [0.2, 0.25) is 23.6 Å². The zero-order chi connectivity index (χ0) is 24.4. The van der Waals surface area contributed by atoms with Crippen LogP contribution in [0.15, 0.2) is 0 Å². The number of hydrogen-bond donors (Lipinski definition) is 5. The predicted molar refractivity (Wildman–Crippen MR) is 123 cm³/mol. The highest BCUT2D eigenvalue weighted by Gasteiger charge is 2.16. The molecule has 0 bridgehead atoms. The molecule has 0 fully saturated rings. The van der Waals surface area contributed by atoms with Gasteiger partial charge in [-0.05, 0) is 19.3 Å². The molecule has 12 heteroatoms. The van der Waals surface area contributed by atoms with Gasteiger partial charge in [0.15, 0.2) is 5.52 Å². The van der Waals surface area contributed by atoms with E-state index in [-0.39, 0.29) is 42.0 Å². The fraction of sp³-hybridized carbons (Fsp3) is 0.750. The summed E-state index contributed by atoms with van der Waals surface area (Å²) in [4.78, 5) is 60.0. The highest BCUT2D eigenvalue weighted by atomic mass is 31.0. The van der Waals surface area contributed by atoms with Gasteiger partial charge in [-0.2, -0.15) is 5.48 Å². The van der Waals surface area contributed by atoms with Crippen LogP contribution in [0.3, 0.4) is 0 Å². The second-order valence-electron chi connectivity index (χ2n) is 7.22. The van der Waals surface area contributed by atoms with Crippen LogP contribution in [0.5, 0.6) is 0 Å². The van der Waals surface area contributed by atoms with Gasteiger partial charge in [-0.25, -0.2) is 0 Å². The highest BCUT2D eigenvalue weighted by Crippen LogP contribution is 2.05. The van der Waals surface area contributed by atoms with E-state index in [9.17, 15) is 24.0 Å². The molecule has 0 aromatic rings. The third-order valence-corrected chi connectivity index (χ3v) is 5.11. The topological polar surface area (TPSA) is 157 Å². The van der Waals surface area contributed by atoms with E-state index in [4.69, 9.17) is 5.21 Å². The Labute approximate surface area is 192 Å². The summed E-state index contributed by atoms with van der Waals surface area (Å²) in [5, 5.41) is 17.0. The van der Waals surface area contributed by atoms with Gasteiger partial charge in [-0.3, -0.25) is 24.0 Å². The van der Waals surface area contributed by atoms with Gasteiger partial charge in [0.25, 0.3) is 0 Å². The molecule has 11 nitrogen and oxygen atoms in total. The van der Waals surface area contributed by atoms with Crippen LogP contribution in [-0.2, 0) is 24.0 Å². The predicted octanol–water partition coefficient (Wildman–Crippen LogP) is -0.317. The van der Waals surface area contributed by atoms with Crippen LogP contribution >= 0.6 is 9.24 Å². The number of rotatable bonds is 18. The Bertz CT molecular complexity index is 597. The van der Waals surface area contributed by atoms with Gasteiger partial charge in [0.1, 0.15) is 0 Å². The summed E-state index contributed by atoms with van der Waals surface area (Å²) in [5.74, 6) is -0.707. The number of nitrogens with one attached hydrogen (secondary N) is 4. The fourth-order valence-electron chi connectivity index (χ4n) is 2.71. The Kier molecular flexibility index (Phi) is 17.3. The van der Waals surface area contributed by atoms with Crippen LogP contribution in [0.25, 0.3) is 0 Å². The van der Waals surface area contributed by atoms with Crippen molar-refractivity contribution in [3.63, 3.8) is 0 Å². The van der Waals surface area contributed by atoms with Gasteiger partial charge < -0.3 is 26.1 Å². The van der Waals surface area contributed by atoms with Crippen molar-refractivity contribution in [1.82, 2.24) is 26.3 Å². The van der Waals surface area contributed by atoms with Crippen LogP contribution in [0.2, 0.25) is 0 Å². The molecule has 0 spiro atoms. The van der Waals surface area contributed by atoms with Crippen LogP contribution in [0.1, 0.15) is 58.8 Å². The molecule has 0 heterocycles. The molecule has 0 saturated carbocycles. The van der Waals surface area contributed by atoms with Crippen molar-refractivity contribution < 1.29 is 29.2 Å². The van der Waals surface area contributed by atoms with Gasteiger partial charge in [0.05, 0.1) is 6.04 Å². The smallest absolute Gasteiger partial charge is 0.223 e. The zero-order valence-electron chi connectivity index (χ0n) is 19.1. The van der Waals surface area contributed by atoms with Crippen molar-refractivity contribution in [3.05, 3.63) is 0 Å². The summed E-state index contributed by atoms with van der Waals surface area (Å²) in [6, 6.07) is -0.636. The molecule has 32 heavy (non-hydrogen) atoms. The fourth-order valence-corrected chi connectivity index (χ4v) is 2.95. The van der Waals surface area contributed by atoms with Crippen molar-refractivity contribution in [3.8, 4) is 0 Å². The number of hydrogen-bond acceptors (Lipinski definition) is 7. The Morgan fingerprint density at radius 2 is 1.34 bits per heavy atom. The van der Waals surface area contributed by atoms with E-state index >= 15 is 0 Å². The molecule has 0 aliphatic rings. The van der Waals surface area contributed by atoms with Crippen molar-refractivity contribution in [1.29, 1.82) is 0 Å². The summed E-state index contributed by atoms with van der Waals surface area (Å²) in [5.41, 5.74) is 1.71. The normalized spacial score (nSPS) is 11.4. The molecule has 0 saturated heterocycles. The third kappa shape index (κ3) is 14.8. The summed E-state index contributed by atoms with van der Waals surface area (Å²) in [6.45, 7) is 5.07. The van der Waals surface area contributed by atoms with E-state index in [0.29, 0.717) is 64.8 Å². The Hall–Kier alpha value is -2.10. The largest absolute Gasteiger partial charge is 0.356 e. The Morgan fingerprint density at radius 1 is 0.812 bits per heavy atom. The summed E-state index contributed by atoms with van der Waals surface area (Å²) < 4.78 is 0.